The zero-order valence-electron chi connectivity index (χ0n) is 11.6. The lowest BCUT2D eigenvalue weighted by Gasteiger charge is -2.22. The van der Waals surface area contributed by atoms with Gasteiger partial charge in [-0.25, -0.2) is 0 Å². The molecule has 0 aliphatic carbocycles. The van der Waals surface area contributed by atoms with E-state index in [2.05, 4.69) is 5.32 Å². The molecule has 0 bridgehead atoms. The first kappa shape index (κ1) is 14.7. The summed E-state index contributed by atoms with van der Waals surface area (Å²) < 4.78 is 11.1. The summed E-state index contributed by atoms with van der Waals surface area (Å²) in [6, 6.07) is 5.04. The van der Waals surface area contributed by atoms with Gasteiger partial charge in [0.05, 0.1) is 11.0 Å². The van der Waals surface area contributed by atoms with Crippen LogP contribution in [0, 0.1) is 10.1 Å². The normalized spacial score (nSPS) is 18.8. The van der Waals surface area contributed by atoms with E-state index >= 15 is 0 Å². The molecule has 1 saturated heterocycles. The van der Waals surface area contributed by atoms with E-state index in [1.807, 2.05) is 6.07 Å². The number of hydrogen-bond donors (Lipinski definition) is 1. The summed E-state index contributed by atoms with van der Waals surface area (Å²) in [5.74, 6) is 0.309. The average Bonchev–Trinajstić information content (AvgIpc) is 2.47. The van der Waals surface area contributed by atoms with E-state index in [-0.39, 0.29) is 11.8 Å². The largest absolute Gasteiger partial charge is 0.484 e. The highest BCUT2D eigenvalue weighted by Crippen LogP contribution is 2.28. The van der Waals surface area contributed by atoms with Crippen molar-refractivity contribution in [3.05, 3.63) is 33.9 Å². The molecule has 0 saturated carbocycles. The zero-order valence-corrected chi connectivity index (χ0v) is 11.6. The molecule has 20 heavy (non-hydrogen) atoms. The molecule has 1 unspecified atom stereocenters. The third kappa shape index (κ3) is 3.91. The summed E-state index contributed by atoms with van der Waals surface area (Å²) in [6.45, 7) is 1.70. The van der Waals surface area contributed by atoms with Crippen molar-refractivity contribution in [2.45, 2.75) is 31.9 Å². The molecular formula is C14H20N2O4. The van der Waals surface area contributed by atoms with Crippen LogP contribution in [-0.2, 0) is 11.3 Å². The molecule has 1 aromatic carbocycles. The van der Waals surface area contributed by atoms with Crippen LogP contribution in [0.2, 0.25) is 0 Å². The molecule has 1 N–H and O–H groups in total. The predicted molar refractivity (Wildman–Crippen MR) is 74.9 cm³/mol. The van der Waals surface area contributed by atoms with Gasteiger partial charge in [0.15, 0.2) is 5.75 Å². The fraction of sp³-hybridized carbons (Fsp3) is 0.571. The minimum atomic E-state index is -0.407. The van der Waals surface area contributed by atoms with Crippen LogP contribution < -0.4 is 10.1 Å². The fourth-order valence-corrected chi connectivity index (χ4v) is 2.26. The summed E-state index contributed by atoms with van der Waals surface area (Å²) in [7, 11) is 1.80. The van der Waals surface area contributed by atoms with Crippen molar-refractivity contribution in [2.75, 3.05) is 20.3 Å². The highest BCUT2D eigenvalue weighted by atomic mass is 16.6. The lowest BCUT2D eigenvalue weighted by atomic mass is 10.1. The van der Waals surface area contributed by atoms with Crippen molar-refractivity contribution in [1.29, 1.82) is 0 Å². The number of nitro groups is 1. The van der Waals surface area contributed by atoms with Gasteiger partial charge in [-0.1, -0.05) is 6.07 Å². The van der Waals surface area contributed by atoms with Crippen LogP contribution in [0.5, 0.6) is 5.75 Å². The van der Waals surface area contributed by atoms with Crippen LogP contribution in [0.25, 0.3) is 0 Å². The van der Waals surface area contributed by atoms with Crippen LogP contribution in [0.4, 0.5) is 5.69 Å². The van der Waals surface area contributed by atoms with Gasteiger partial charge in [0.25, 0.3) is 0 Å². The van der Waals surface area contributed by atoms with E-state index in [1.165, 1.54) is 0 Å². The minimum absolute atomic E-state index is 0.00793. The van der Waals surface area contributed by atoms with Crippen LogP contribution in [-0.4, -0.2) is 31.3 Å². The highest BCUT2D eigenvalue weighted by Gasteiger charge is 2.19. The molecule has 0 radical (unpaired) electrons. The Kier molecular flexibility index (Phi) is 5.31. The van der Waals surface area contributed by atoms with Gasteiger partial charge in [0.1, 0.15) is 6.61 Å². The van der Waals surface area contributed by atoms with Crippen molar-refractivity contribution >= 4 is 5.69 Å². The van der Waals surface area contributed by atoms with E-state index in [0.29, 0.717) is 18.9 Å². The SMILES string of the molecule is CNCc1ccc(OCC2CCCCO2)c([N+](=O)[O-])c1. The standard InChI is InChI=1S/C14H20N2O4/c1-15-9-11-5-6-14(13(8-11)16(17)18)20-10-12-4-2-3-7-19-12/h5-6,8,12,15H,2-4,7,9-10H2,1H3. The third-order valence-corrected chi connectivity index (χ3v) is 3.30. The summed E-state index contributed by atoms with van der Waals surface area (Å²) in [5.41, 5.74) is 0.869. The quantitative estimate of drug-likeness (QED) is 0.639. The number of nitrogens with one attached hydrogen (secondary N) is 1. The molecule has 2 rings (SSSR count). The first-order valence-corrected chi connectivity index (χ1v) is 6.87. The lowest BCUT2D eigenvalue weighted by Crippen LogP contribution is -2.26. The summed E-state index contributed by atoms with van der Waals surface area (Å²) in [6.07, 6.45) is 3.19. The summed E-state index contributed by atoms with van der Waals surface area (Å²) >= 11 is 0. The Hall–Kier alpha value is -1.66. The highest BCUT2D eigenvalue weighted by molar-refractivity contribution is 5.48. The Labute approximate surface area is 118 Å². The summed E-state index contributed by atoms with van der Waals surface area (Å²) in [4.78, 5) is 10.7. The Balaban J connectivity index is 2.03. The van der Waals surface area contributed by atoms with Crippen LogP contribution in [0.15, 0.2) is 18.2 Å². The van der Waals surface area contributed by atoms with E-state index in [9.17, 15) is 10.1 Å². The van der Waals surface area contributed by atoms with Gasteiger partial charge >= 0.3 is 5.69 Å². The first-order valence-electron chi connectivity index (χ1n) is 6.87. The van der Waals surface area contributed by atoms with Crippen molar-refractivity contribution in [3.8, 4) is 5.75 Å². The van der Waals surface area contributed by atoms with E-state index < -0.39 is 4.92 Å². The molecular weight excluding hydrogens is 260 g/mol. The number of hydrogen-bond acceptors (Lipinski definition) is 5. The molecule has 6 nitrogen and oxygen atoms in total. The van der Waals surface area contributed by atoms with Gasteiger partial charge in [-0.2, -0.15) is 0 Å². The van der Waals surface area contributed by atoms with Crippen LogP contribution >= 0.6 is 0 Å². The minimum Gasteiger partial charge on any atom is -0.484 e. The van der Waals surface area contributed by atoms with Gasteiger partial charge in [-0.05, 0) is 37.9 Å². The Bertz CT molecular complexity index is 458. The van der Waals surface area contributed by atoms with Gasteiger partial charge < -0.3 is 14.8 Å². The third-order valence-electron chi connectivity index (χ3n) is 3.30. The maximum absolute atomic E-state index is 11.1. The van der Waals surface area contributed by atoms with Gasteiger partial charge in [-0.3, -0.25) is 10.1 Å². The molecule has 6 heteroatoms. The molecule has 0 aromatic heterocycles. The van der Waals surface area contributed by atoms with Gasteiger partial charge in [0, 0.05) is 19.2 Å². The van der Waals surface area contributed by atoms with Crippen LogP contribution in [0.3, 0.4) is 0 Å². The van der Waals surface area contributed by atoms with Crippen molar-refractivity contribution in [3.63, 3.8) is 0 Å². The Morgan fingerprint density at radius 2 is 2.35 bits per heavy atom. The monoisotopic (exact) mass is 280 g/mol. The molecule has 1 atom stereocenters. The molecule has 1 aliphatic rings. The predicted octanol–water partition coefficient (Wildman–Crippen LogP) is 2.26. The molecule has 0 amide bonds. The number of nitro benzene ring substituents is 1. The second kappa shape index (κ2) is 7.21. The van der Waals surface area contributed by atoms with Crippen LogP contribution in [0.1, 0.15) is 24.8 Å². The average molecular weight is 280 g/mol. The number of benzene rings is 1. The zero-order chi connectivity index (χ0) is 14.4. The fourth-order valence-electron chi connectivity index (χ4n) is 2.26. The Morgan fingerprint density at radius 1 is 1.50 bits per heavy atom. The van der Waals surface area contributed by atoms with E-state index in [4.69, 9.17) is 9.47 Å². The molecule has 1 heterocycles. The van der Waals surface area contributed by atoms with Crippen molar-refractivity contribution < 1.29 is 14.4 Å². The molecule has 1 aliphatic heterocycles. The molecule has 1 fully saturated rings. The van der Waals surface area contributed by atoms with Crippen molar-refractivity contribution in [1.82, 2.24) is 5.32 Å². The van der Waals surface area contributed by atoms with E-state index in [0.717, 1.165) is 31.4 Å². The maximum atomic E-state index is 11.1. The second-order valence-corrected chi connectivity index (χ2v) is 4.89. The number of nitrogens with zero attached hydrogens (tertiary/aromatic N) is 1. The topological polar surface area (TPSA) is 73.6 Å². The maximum Gasteiger partial charge on any atom is 0.311 e. The Morgan fingerprint density at radius 3 is 3.00 bits per heavy atom. The first-order chi connectivity index (χ1) is 9.70. The second-order valence-electron chi connectivity index (χ2n) is 4.89. The van der Waals surface area contributed by atoms with Gasteiger partial charge in [-0.15, -0.1) is 0 Å². The molecule has 0 spiro atoms. The smallest absolute Gasteiger partial charge is 0.311 e. The number of rotatable bonds is 6. The molecule has 1 aromatic rings. The van der Waals surface area contributed by atoms with Gasteiger partial charge in [0.2, 0.25) is 0 Å². The lowest BCUT2D eigenvalue weighted by molar-refractivity contribution is -0.386. The summed E-state index contributed by atoms with van der Waals surface area (Å²) in [5, 5.41) is 14.1. The van der Waals surface area contributed by atoms with Crippen molar-refractivity contribution in [2.24, 2.45) is 0 Å². The van der Waals surface area contributed by atoms with E-state index in [1.54, 1.807) is 19.2 Å². The number of ether oxygens (including phenoxy) is 2. The molecule has 110 valence electrons.